The highest BCUT2D eigenvalue weighted by molar-refractivity contribution is 5.80. The van der Waals surface area contributed by atoms with Crippen LogP contribution in [0, 0.1) is 0 Å². The van der Waals surface area contributed by atoms with Crippen LogP contribution in [-0.2, 0) is 9.47 Å². The molecule has 2 aliphatic heterocycles. The van der Waals surface area contributed by atoms with Gasteiger partial charge in [-0.15, -0.1) is 0 Å². The van der Waals surface area contributed by atoms with Gasteiger partial charge in [-0.25, -0.2) is 5.43 Å². The molecule has 0 amide bonds. The number of nitrogens with one attached hydrogen (secondary N) is 1. The first-order valence-corrected chi connectivity index (χ1v) is 10.5. The first kappa shape index (κ1) is 20.5. The van der Waals surface area contributed by atoms with Crippen molar-refractivity contribution in [1.29, 1.82) is 0 Å². The number of ether oxygens (including phenoxy) is 2. The van der Waals surface area contributed by atoms with Crippen LogP contribution >= 0.6 is 0 Å². The highest BCUT2D eigenvalue weighted by Gasteiger charge is 2.20. The van der Waals surface area contributed by atoms with Crippen molar-refractivity contribution in [3.63, 3.8) is 0 Å². The van der Waals surface area contributed by atoms with E-state index >= 15 is 0 Å². The van der Waals surface area contributed by atoms with Crippen molar-refractivity contribution in [3.05, 3.63) is 35.4 Å². The van der Waals surface area contributed by atoms with Gasteiger partial charge in [0.15, 0.2) is 0 Å². The van der Waals surface area contributed by atoms with E-state index in [1.54, 1.807) is 6.21 Å². The molecule has 0 atom stereocenters. The number of hydrazone groups is 1. The van der Waals surface area contributed by atoms with E-state index < -0.39 is 0 Å². The number of nitrogens with zero attached hydrogens (tertiary/aromatic N) is 6. The van der Waals surface area contributed by atoms with Crippen LogP contribution < -0.4 is 15.2 Å². The van der Waals surface area contributed by atoms with Gasteiger partial charge in [-0.2, -0.15) is 20.1 Å². The SMILES string of the molecule is CC(C)c1ccc(/C=N\Nc2nc(N3CCOCC3)nc(N3CCOCC3)n2)cc1. The largest absolute Gasteiger partial charge is 0.378 e. The van der Waals surface area contributed by atoms with Crippen LogP contribution in [0.4, 0.5) is 17.8 Å². The first-order chi connectivity index (χ1) is 14.7. The minimum atomic E-state index is 0.433. The molecule has 30 heavy (non-hydrogen) atoms. The topological polar surface area (TPSA) is 88.0 Å². The Morgan fingerprint density at radius 1 is 0.867 bits per heavy atom. The molecule has 0 saturated carbocycles. The predicted octanol–water partition coefficient (Wildman–Crippen LogP) is 2.11. The van der Waals surface area contributed by atoms with Crippen molar-refractivity contribution in [2.45, 2.75) is 19.8 Å². The molecule has 2 saturated heterocycles. The summed E-state index contributed by atoms with van der Waals surface area (Å²) < 4.78 is 10.9. The van der Waals surface area contributed by atoms with E-state index in [0.29, 0.717) is 50.2 Å². The molecular weight excluding hydrogens is 382 g/mol. The van der Waals surface area contributed by atoms with Crippen LogP contribution in [0.2, 0.25) is 0 Å². The van der Waals surface area contributed by atoms with Crippen molar-refractivity contribution in [2.75, 3.05) is 67.8 Å². The smallest absolute Gasteiger partial charge is 0.250 e. The third kappa shape index (κ3) is 5.22. The normalized spacial score (nSPS) is 17.7. The summed E-state index contributed by atoms with van der Waals surface area (Å²) in [5.41, 5.74) is 5.31. The number of benzene rings is 1. The number of morpholine rings is 2. The molecule has 2 aromatic rings. The maximum atomic E-state index is 5.46. The third-order valence-corrected chi connectivity index (χ3v) is 5.18. The lowest BCUT2D eigenvalue weighted by molar-refractivity contribution is 0.121. The van der Waals surface area contributed by atoms with Gasteiger partial charge in [-0.3, -0.25) is 0 Å². The third-order valence-electron chi connectivity index (χ3n) is 5.18. The monoisotopic (exact) mass is 411 g/mol. The molecule has 0 unspecified atom stereocenters. The minimum absolute atomic E-state index is 0.433. The van der Waals surface area contributed by atoms with Crippen molar-refractivity contribution in [2.24, 2.45) is 5.10 Å². The lowest BCUT2D eigenvalue weighted by Crippen LogP contribution is -2.40. The molecular formula is C21H29N7O2. The maximum Gasteiger partial charge on any atom is 0.250 e. The van der Waals surface area contributed by atoms with Gasteiger partial charge in [0.2, 0.25) is 17.8 Å². The highest BCUT2D eigenvalue weighted by atomic mass is 16.5. The first-order valence-electron chi connectivity index (χ1n) is 10.5. The summed E-state index contributed by atoms with van der Waals surface area (Å²) in [7, 11) is 0. The molecule has 160 valence electrons. The maximum absolute atomic E-state index is 5.46. The van der Waals surface area contributed by atoms with E-state index in [-0.39, 0.29) is 0 Å². The Hall–Kier alpha value is -2.78. The Bertz CT molecular complexity index is 809. The van der Waals surface area contributed by atoms with Gasteiger partial charge in [0.25, 0.3) is 0 Å². The van der Waals surface area contributed by atoms with Crippen molar-refractivity contribution in [3.8, 4) is 0 Å². The van der Waals surface area contributed by atoms with Gasteiger partial charge in [0.1, 0.15) is 0 Å². The summed E-state index contributed by atoms with van der Waals surface area (Å²) in [6.45, 7) is 10.1. The summed E-state index contributed by atoms with van der Waals surface area (Å²) >= 11 is 0. The number of hydrogen-bond acceptors (Lipinski definition) is 9. The minimum Gasteiger partial charge on any atom is -0.378 e. The quantitative estimate of drug-likeness (QED) is 0.571. The van der Waals surface area contributed by atoms with Crippen LogP contribution in [0.3, 0.4) is 0 Å². The lowest BCUT2D eigenvalue weighted by atomic mass is 10.0. The van der Waals surface area contributed by atoms with E-state index in [4.69, 9.17) is 14.5 Å². The van der Waals surface area contributed by atoms with Gasteiger partial charge in [0.05, 0.1) is 32.6 Å². The Kier molecular flexibility index (Phi) is 6.70. The molecule has 1 N–H and O–H groups in total. The molecule has 0 spiro atoms. The Labute approximate surface area is 177 Å². The summed E-state index contributed by atoms with van der Waals surface area (Å²) in [5, 5.41) is 4.34. The summed E-state index contributed by atoms with van der Waals surface area (Å²) in [6.07, 6.45) is 1.77. The fraction of sp³-hybridized carbons (Fsp3) is 0.524. The molecule has 4 rings (SSSR count). The van der Waals surface area contributed by atoms with E-state index in [2.05, 4.69) is 68.4 Å². The van der Waals surface area contributed by atoms with E-state index in [9.17, 15) is 0 Å². The Balaban J connectivity index is 1.51. The Morgan fingerprint density at radius 2 is 1.40 bits per heavy atom. The summed E-state index contributed by atoms with van der Waals surface area (Å²) in [5.74, 6) is 2.24. The van der Waals surface area contributed by atoms with Gasteiger partial charge in [0, 0.05) is 26.2 Å². The summed E-state index contributed by atoms with van der Waals surface area (Å²) in [6, 6.07) is 8.38. The highest BCUT2D eigenvalue weighted by Crippen LogP contribution is 2.19. The molecule has 1 aromatic heterocycles. The number of anilines is 3. The zero-order chi connectivity index (χ0) is 20.8. The zero-order valence-electron chi connectivity index (χ0n) is 17.6. The van der Waals surface area contributed by atoms with Crippen LogP contribution in [0.5, 0.6) is 0 Å². The van der Waals surface area contributed by atoms with Crippen LogP contribution in [-0.4, -0.2) is 73.8 Å². The predicted molar refractivity (Wildman–Crippen MR) is 118 cm³/mol. The van der Waals surface area contributed by atoms with E-state index in [1.165, 1.54) is 5.56 Å². The van der Waals surface area contributed by atoms with Crippen LogP contribution in [0.1, 0.15) is 30.9 Å². The van der Waals surface area contributed by atoms with Crippen LogP contribution in [0.25, 0.3) is 0 Å². The van der Waals surface area contributed by atoms with Crippen molar-refractivity contribution < 1.29 is 9.47 Å². The molecule has 2 aliphatic rings. The average Bonchev–Trinajstić information content (AvgIpc) is 2.80. The summed E-state index contributed by atoms with van der Waals surface area (Å²) in [4.78, 5) is 18.1. The standard InChI is InChI=1S/C21H29N7O2/c1-16(2)18-5-3-17(4-6-18)15-22-26-19-23-20(27-7-11-29-12-8-27)25-21(24-19)28-9-13-30-14-10-28/h3-6,15-16H,7-14H2,1-2H3,(H,23,24,25,26)/b22-15-. The fourth-order valence-electron chi connectivity index (χ4n) is 3.34. The second kappa shape index (κ2) is 9.82. The van der Waals surface area contributed by atoms with Gasteiger partial charge in [-0.05, 0) is 17.0 Å². The zero-order valence-corrected chi connectivity index (χ0v) is 17.6. The fourth-order valence-corrected chi connectivity index (χ4v) is 3.34. The van der Waals surface area contributed by atoms with Crippen molar-refractivity contribution >= 4 is 24.1 Å². The van der Waals surface area contributed by atoms with Crippen molar-refractivity contribution in [1.82, 2.24) is 15.0 Å². The van der Waals surface area contributed by atoms with E-state index in [0.717, 1.165) is 31.7 Å². The number of aromatic nitrogens is 3. The second-order valence-corrected chi connectivity index (χ2v) is 7.65. The second-order valence-electron chi connectivity index (χ2n) is 7.65. The Morgan fingerprint density at radius 3 is 1.90 bits per heavy atom. The average molecular weight is 412 g/mol. The molecule has 0 bridgehead atoms. The molecule has 0 aliphatic carbocycles. The molecule has 1 aromatic carbocycles. The molecule has 9 heteroatoms. The van der Waals surface area contributed by atoms with Crippen LogP contribution in [0.15, 0.2) is 29.4 Å². The van der Waals surface area contributed by atoms with Gasteiger partial charge >= 0.3 is 0 Å². The number of rotatable bonds is 6. The lowest BCUT2D eigenvalue weighted by Gasteiger charge is -2.30. The molecule has 9 nitrogen and oxygen atoms in total. The molecule has 2 fully saturated rings. The molecule has 3 heterocycles. The van der Waals surface area contributed by atoms with E-state index in [1.807, 2.05) is 0 Å². The van der Waals surface area contributed by atoms with Gasteiger partial charge in [-0.1, -0.05) is 38.1 Å². The van der Waals surface area contributed by atoms with Gasteiger partial charge < -0.3 is 19.3 Å². The number of hydrogen-bond donors (Lipinski definition) is 1. The molecule has 0 radical (unpaired) electrons.